The molecule has 0 saturated carbocycles. The summed E-state index contributed by atoms with van der Waals surface area (Å²) in [5, 5.41) is 29.2. The Morgan fingerprint density at radius 2 is 1.81 bits per heavy atom. The van der Waals surface area contributed by atoms with Crippen LogP contribution in [0.25, 0.3) is 0 Å². The Labute approximate surface area is 149 Å². The lowest BCUT2D eigenvalue weighted by molar-refractivity contribution is -0.137. The number of hydrogen-bond donors (Lipinski definition) is 3. The Bertz CT molecular complexity index is 604. The van der Waals surface area contributed by atoms with E-state index >= 15 is 0 Å². The van der Waals surface area contributed by atoms with Crippen LogP contribution in [-0.2, 0) is 6.18 Å². The van der Waals surface area contributed by atoms with Crippen LogP contribution < -0.4 is 4.90 Å². The smallest absolute Gasteiger partial charge is 0.389 e. The molecule has 6 nitrogen and oxygen atoms in total. The number of β-amino-alcohol motifs (C(OH)–C–C–N with tert-alkyl or cyclic N) is 2. The summed E-state index contributed by atoms with van der Waals surface area (Å²) >= 11 is 0. The topological polar surface area (TPSA) is 80.1 Å². The maximum atomic E-state index is 13.2. The van der Waals surface area contributed by atoms with Gasteiger partial charge in [-0.25, -0.2) is 0 Å². The highest BCUT2D eigenvalue weighted by Gasteiger charge is 2.37. The zero-order chi connectivity index (χ0) is 18.9. The lowest BCUT2D eigenvalue weighted by Crippen LogP contribution is -2.56. The molecule has 0 aromatic carbocycles. The highest BCUT2D eigenvalue weighted by molar-refractivity contribution is 5.54. The Hall–Kier alpha value is -1.42. The number of pyridine rings is 1. The Kier molecular flexibility index (Phi) is 5.71. The number of aromatic nitrogens is 1. The maximum Gasteiger partial charge on any atom is 0.419 e. The highest BCUT2D eigenvalue weighted by atomic mass is 19.4. The van der Waals surface area contributed by atoms with Gasteiger partial charge in [0.15, 0.2) is 0 Å². The summed E-state index contributed by atoms with van der Waals surface area (Å²) in [6.45, 7) is 2.07. The van der Waals surface area contributed by atoms with Gasteiger partial charge in [0.25, 0.3) is 0 Å². The predicted octanol–water partition coefficient (Wildman–Crippen LogP) is 0.715. The molecule has 2 saturated heterocycles. The quantitative estimate of drug-likeness (QED) is 0.722. The number of alkyl halides is 3. The van der Waals surface area contributed by atoms with Gasteiger partial charge in [-0.15, -0.1) is 0 Å². The number of aliphatic hydroxyl groups excluding tert-OH is 3. The van der Waals surface area contributed by atoms with Crippen LogP contribution in [0.3, 0.4) is 0 Å². The van der Waals surface area contributed by atoms with Crippen molar-refractivity contribution in [1.29, 1.82) is 0 Å². The van der Waals surface area contributed by atoms with E-state index in [-0.39, 0.29) is 24.7 Å². The van der Waals surface area contributed by atoms with Gasteiger partial charge in [0.1, 0.15) is 6.10 Å². The number of rotatable bonds is 3. The molecular formula is C17H24F3N3O3. The first-order valence-electron chi connectivity index (χ1n) is 8.78. The summed E-state index contributed by atoms with van der Waals surface area (Å²) in [7, 11) is 0. The Balaban J connectivity index is 1.67. The molecule has 0 amide bonds. The molecule has 146 valence electrons. The first kappa shape index (κ1) is 19.3. The van der Waals surface area contributed by atoms with Gasteiger partial charge in [-0.2, -0.15) is 13.2 Å². The normalized spacial score (nSPS) is 31.2. The fourth-order valence-electron chi connectivity index (χ4n) is 3.90. The van der Waals surface area contributed by atoms with Crippen LogP contribution in [0.2, 0.25) is 0 Å². The monoisotopic (exact) mass is 375 g/mol. The molecule has 1 aromatic heterocycles. The zero-order valence-electron chi connectivity index (χ0n) is 14.3. The summed E-state index contributed by atoms with van der Waals surface area (Å²) < 4.78 is 39.7. The van der Waals surface area contributed by atoms with E-state index in [0.717, 1.165) is 19.0 Å². The Morgan fingerprint density at radius 1 is 1.12 bits per heavy atom. The van der Waals surface area contributed by atoms with Crippen molar-refractivity contribution in [2.45, 2.75) is 37.3 Å². The van der Waals surface area contributed by atoms with E-state index in [2.05, 4.69) is 4.98 Å². The maximum absolute atomic E-state index is 13.2. The SMILES string of the molecule is O[C@H]1[C@H](O)CN(C[C@@H]2CCCN(c3ccncc3C(F)(F)F)C2)C[C@@H]1O. The number of anilines is 1. The summed E-state index contributed by atoms with van der Waals surface area (Å²) in [5.74, 6) is 0.118. The molecule has 0 unspecified atom stereocenters. The molecule has 26 heavy (non-hydrogen) atoms. The average Bonchev–Trinajstić information content (AvgIpc) is 2.59. The van der Waals surface area contributed by atoms with Crippen LogP contribution >= 0.6 is 0 Å². The minimum absolute atomic E-state index is 0.118. The second-order valence-corrected chi connectivity index (χ2v) is 7.19. The van der Waals surface area contributed by atoms with Crippen LogP contribution in [0.5, 0.6) is 0 Å². The van der Waals surface area contributed by atoms with E-state index in [4.69, 9.17) is 0 Å². The third-order valence-corrected chi connectivity index (χ3v) is 5.16. The number of aliphatic hydroxyl groups is 3. The third kappa shape index (κ3) is 4.28. The minimum Gasteiger partial charge on any atom is -0.389 e. The molecule has 4 atom stereocenters. The molecule has 0 spiro atoms. The van der Waals surface area contributed by atoms with Gasteiger partial charge in [-0.1, -0.05) is 0 Å². The van der Waals surface area contributed by atoms with Crippen LogP contribution in [-0.4, -0.2) is 76.2 Å². The predicted molar refractivity (Wildman–Crippen MR) is 88.6 cm³/mol. The number of nitrogens with zero attached hydrogens (tertiary/aromatic N) is 3. The number of likely N-dealkylation sites (tertiary alicyclic amines) is 1. The molecule has 1 aromatic rings. The molecule has 0 radical (unpaired) electrons. The van der Waals surface area contributed by atoms with Crippen molar-refractivity contribution in [2.75, 3.05) is 37.6 Å². The van der Waals surface area contributed by atoms with E-state index in [1.807, 2.05) is 4.90 Å². The van der Waals surface area contributed by atoms with Crippen molar-refractivity contribution in [3.63, 3.8) is 0 Å². The van der Waals surface area contributed by atoms with Crippen LogP contribution in [0.15, 0.2) is 18.5 Å². The molecule has 3 heterocycles. The molecule has 9 heteroatoms. The van der Waals surface area contributed by atoms with Crippen LogP contribution in [0.4, 0.5) is 18.9 Å². The summed E-state index contributed by atoms with van der Waals surface area (Å²) in [4.78, 5) is 7.22. The lowest BCUT2D eigenvalue weighted by Gasteiger charge is -2.41. The second-order valence-electron chi connectivity index (χ2n) is 7.19. The summed E-state index contributed by atoms with van der Waals surface area (Å²) in [5.41, 5.74) is -0.584. The Morgan fingerprint density at radius 3 is 2.46 bits per heavy atom. The van der Waals surface area contributed by atoms with Gasteiger partial charge in [-0.05, 0) is 24.8 Å². The fraction of sp³-hybridized carbons (Fsp3) is 0.706. The van der Waals surface area contributed by atoms with E-state index in [0.29, 0.717) is 19.6 Å². The molecule has 2 aliphatic heterocycles. The molecule has 3 rings (SSSR count). The van der Waals surface area contributed by atoms with E-state index in [9.17, 15) is 28.5 Å². The minimum atomic E-state index is -4.45. The molecule has 2 fully saturated rings. The van der Waals surface area contributed by atoms with Crippen molar-refractivity contribution in [3.05, 3.63) is 24.0 Å². The number of piperidine rings is 2. The zero-order valence-corrected chi connectivity index (χ0v) is 14.3. The average molecular weight is 375 g/mol. The molecule has 2 aliphatic rings. The molecule has 0 aliphatic carbocycles. The van der Waals surface area contributed by atoms with Crippen molar-refractivity contribution in [1.82, 2.24) is 9.88 Å². The largest absolute Gasteiger partial charge is 0.419 e. The van der Waals surface area contributed by atoms with E-state index in [1.165, 1.54) is 12.3 Å². The van der Waals surface area contributed by atoms with Crippen molar-refractivity contribution < 1.29 is 28.5 Å². The number of halogens is 3. The van der Waals surface area contributed by atoms with E-state index in [1.54, 1.807) is 4.90 Å². The van der Waals surface area contributed by atoms with Gasteiger partial charge in [0, 0.05) is 45.1 Å². The van der Waals surface area contributed by atoms with Gasteiger partial charge in [0.05, 0.1) is 23.5 Å². The first-order chi connectivity index (χ1) is 12.3. The lowest BCUT2D eigenvalue weighted by atomic mass is 9.94. The fourth-order valence-corrected chi connectivity index (χ4v) is 3.90. The van der Waals surface area contributed by atoms with Gasteiger partial charge in [-0.3, -0.25) is 9.88 Å². The first-order valence-corrected chi connectivity index (χ1v) is 8.78. The van der Waals surface area contributed by atoms with Gasteiger partial charge < -0.3 is 20.2 Å². The van der Waals surface area contributed by atoms with Gasteiger partial charge in [0.2, 0.25) is 0 Å². The van der Waals surface area contributed by atoms with Crippen LogP contribution in [0.1, 0.15) is 18.4 Å². The van der Waals surface area contributed by atoms with Crippen molar-refractivity contribution in [2.24, 2.45) is 5.92 Å². The third-order valence-electron chi connectivity index (χ3n) is 5.16. The molecule has 0 bridgehead atoms. The van der Waals surface area contributed by atoms with Crippen molar-refractivity contribution in [3.8, 4) is 0 Å². The van der Waals surface area contributed by atoms with E-state index < -0.39 is 30.1 Å². The van der Waals surface area contributed by atoms with Crippen molar-refractivity contribution >= 4 is 5.69 Å². The second kappa shape index (κ2) is 7.67. The van der Waals surface area contributed by atoms with Crippen LogP contribution in [0, 0.1) is 5.92 Å². The molecular weight excluding hydrogens is 351 g/mol. The van der Waals surface area contributed by atoms with Gasteiger partial charge >= 0.3 is 6.18 Å². The standard InChI is InChI=1S/C17H24F3N3O3/c18-17(19,20)12-6-21-4-3-13(12)23-5-1-2-11(8-23)7-22-9-14(24)16(26)15(25)10-22/h3-4,6,11,14-16,24-26H,1-2,5,7-10H2/t11-,14-,15+,16+/m0/s1. The highest BCUT2D eigenvalue weighted by Crippen LogP contribution is 2.37. The summed E-state index contributed by atoms with van der Waals surface area (Å²) in [6.07, 6.45) is -3.77. The summed E-state index contributed by atoms with van der Waals surface area (Å²) in [6, 6.07) is 1.40. The molecule has 3 N–H and O–H groups in total. The number of hydrogen-bond acceptors (Lipinski definition) is 6.